The Morgan fingerprint density at radius 2 is 1.82 bits per heavy atom. The molecule has 0 saturated carbocycles. The van der Waals surface area contributed by atoms with E-state index in [0.717, 1.165) is 25.8 Å². The molecule has 1 N–H and O–H groups in total. The smallest absolute Gasteiger partial charge is 0.0480 e. The van der Waals surface area contributed by atoms with Crippen LogP contribution in [-0.2, 0) is 4.74 Å². The first kappa shape index (κ1) is 10.9. The monoisotopic (exact) mass is 159 g/mol. The van der Waals surface area contributed by atoms with Crippen LogP contribution < -0.4 is 5.32 Å². The minimum absolute atomic E-state index is 0.726. The average molecular weight is 159 g/mol. The molecule has 68 valence electrons. The van der Waals surface area contributed by atoms with Crippen LogP contribution in [-0.4, -0.2) is 25.8 Å². The zero-order valence-corrected chi connectivity index (χ0v) is 8.02. The molecule has 1 rings (SSSR count). The van der Waals surface area contributed by atoms with Crippen LogP contribution in [0.5, 0.6) is 0 Å². The van der Waals surface area contributed by atoms with Gasteiger partial charge in [-0.15, -0.1) is 0 Å². The zero-order valence-electron chi connectivity index (χ0n) is 8.02. The molecular weight excluding hydrogens is 138 g/mol. The Kier molecular flexibility index (Phi) is 7.96. The number of rotatable bonds is 2. The van der Waals surface area contributed by atoms with Gasteiger partial charge in [-0.1, -0.05) is 20.8 Å². The maximum Gasteiger partial charge on any atom is 0.0480 e. The van der Waals surface area contributed by atoms with E-state index in [1.807, 2.05) is 13.8 Å². The Labute approximate surface area is 70.3 Å². The molecule has 0 aromatic carbocycles. The summed E-state index contributed by atoms with van der Waals surface area (Å²) >= 11 is 0. The standard InChI is InChI=1S/C7H15NO.C2H6/c1-2-8-7-3-5-9-6-4-7;1-2/h7-8H,2-6H2,1H3;1-2H3. The third kappa shape index (κ3) is 5.22. The fourth-order valence-electron chi connectivity index (χ4n) is 1.19. The average Bonchev–Trinajstić information content (AvgIpc) is 2.11. The summed E-state index contributed by atoms with van der Waals surface area (Å²) < 4.78 is 5.21. The van der Waals surface area contributed by atoms with Crippen LogP contribution >= 0.6 is 0 Å². The Morgan fingerprint density at radius 1 is 1.27 bits per heavy atom. The summed E-state index contributed by atoms with van der Waals surface area (Å²) in [6, 6.07) is 0.726. The highest BCUT2D eigenvalue weighted by molar-refractivity contribution is 4.68. The Balaban J connectivity index is 0.000000461. The van der Waals surface area contributed by atoms with Crippen molar-refractivity contribution in [1.82, 2.24) is 5.32 Å². The Bertz CT molecular complexity index is 67.2. The van der Waals surface area contributed by atoms with E-state index in [-0.39, 0.29) is 0 Å². The molecule has 0 bridgehead atoms. The molecule has 0 atom stereocenters. The topological polar surface area (TPSA) is 21.3 Å². The molecule has 1 aliphatic heterocycles. The lowest BCUT2D eigenvalue weighted by Crippen LogP contribution is -2.34. The summed E-state index contributed by atoms with van der Waals surface area (Å²) in [6.45, 7) is 9.12. The van der Waals surface area contributed by atoms with Gasteiger partial charge >= 0.3 is 0 Å². The predicted octanol–water partition coefficient (Wildman–Crippen LogP) is 1.80. The summed E-state index contributed by atoms with van der Waals surface area (Å²) in [6.07, 6.45) is 2.38. The van der Waals surface area contributed by atoms with Crippen LogP contribution in [0.3, 0.4) is 0 Å². The van der Waals surface area contributed by atoms with E-state index in [0.29, 0.717) is 0 Å². The van der Waals surface area contributed by atoms with Gasteiger partial charge in [0, 0.05) is 19.3 Å². The van der Waals surface area contributed by atoms with Crippen LogP contribution in [0.4, 0.5) is 0 Å². The minimum Gasteiger partial charge on any atom is -0.381 e. The summed E-state index contributed by atoms with van der Waals surface area (Å²) in [5, 5.41) is 3.40. The highest BCUT2D eigenvalue weighted by atomic mass is 16.5. The maximum atomic E-state index is 5.21. The summed E-state index contributed by atoms with van der Waals surface area (Å²) in [7, 11) is 0. The lowest BCUT2D eigenvalue weighted by atomic mass is 10.1. The van der Waals surface area contributed by atoms with Gasteiger partial charge in [0.15, 0.2) is 0 Å². The molecule has 1 fully saturated rings. The Hall–Kier alpha value is -0.0800. The lowest BCUT2D eigenvalue weighted by Gasteiger charge is -2.22. The zero-order chi connectivity index (χ0) is 8.53. The van der Waals surface area contributed by atoms with E-state index in [2.05, 4.69) is 12.2 Å². The van der Waals surface area contributed by atoms with E-state index >= 15 is 0 Å². The van der Waals surface area contributed by atoms with Crippen LogP contribution in [0.25, 0.3) is 0 Å². The van der Waals surface area contributed by atoms with Crippen molar-refractivity contribution >= 4 is 0 Å². The van der Waals surface area contributed by atoms with Crippen LogP contribution in [0, 0.1) is 0 Å². The van der Waals surface area contributed by atoms with E-state index < -0.39 is 0 Å². The van der Waals surface area contributed by atoms with Gasteiger partial charge in [0.1, 0.15) is 0 Å². The number of nitrogens with one attached hydrogen (secondary N) is 1. The third-order valence-corrected chi connectivity index (χ3v) is 1.71. The molecule has 0 spiro atoms. The molecule has 0 aromatic heterocycles. The van der Waals surface area contributed by atoms with Gasteiger partial charge in [0.2, 0.25) is 0 Å². The largest absolute Gasteiger partial charge is 0.381 e. The first-order valence-electron chi connectivity index (χ1n) is 4.74. The second-order valence-corrected chi connectivity index (χ2v) is 2.44. The van der Waals surface area contributed by atoms with E-state index in [9.17, 15) is 0 Å². The first-order chi connectivity index (χ1) is 5.43. The summed E-state index contributed by atoms with van der Waals surface area (Å²) in [5.74, 6) is 0. The fourth-order valence-corrected chi connectivity index (χ4v) is 1.19. The molecule has 1 aliphatic rings. The van der Waals surface area contributed by atoms with Crippen molar-refractivity contribution in [3.8, 4) is 0 Å². The minimum atomic E-state index is 0.726. The van der Waals surface area contributed by atoms with Gasteiger partial charge < -0.3 is 10.1 Å². The summed E-state index contributed by atoms with van der Waals surface area (Å²) in [5.41, 5.74) is 0. The molecule has 0 unspecified atom stereocenters. The van der Waals surface area contributed by atoms with Crippen molar-refractivity contribution in [2.24, 2.45) is 0 Å². The first-order valence-corrected chi connectivity index (χ1v) is 4.74. The second kappa shape index (κ2) is 8.02. The quantitative estimate of drug-likeness (QED) is 0.663. The maximum absolute atomic E-state index is 5.21. The van der Waals surface area contributed by atoms with Crippen molar-refractivity contribution in [2.75, 3.05) is 19.8 Å². The van der Waals surface area contributed by atoms with Gasteiger partial charge in [-0.2, -0.15) is 0 Å². The normalized spacial score (nSPS) is 18.8. The third-order valence-electron chi connectivity index (χ3n) is 1.71. The molecule has 0 aromatic rings. The lowest BCUT2D eigenvalue weighted by molar-refractivity contribution is 0.0785. The number of hydrogen-bond acceptors (Lipinski definition) is 2. The van der Waals surface area contributed by atoms with Gasteiger partial charge in [0.05, 0.1) is 0 Å². The van der Waals surface area contributed by atoms with Gasteiger partial charge in [-0.05, 0) is 19.4 Å². The molecule has 0 radical (unpaired) electrons. The highest BCUT2D eigenvalue weighted by Crippen LogP contribution is 2.04. The molecule has 1 heterocycles. The van der Waals surface area contributed by atoms with E-state index in [4.69, 9.17) is 4.74 Å². The van der Waals surface area contributed by atoms with Crippen molar-refractivity contribution in [3.63, 3.8) is 0 Å². The van der Waals surface area contributed by atoms with Crippen molar-refractivity contribution in [3.05, 3.63) is 0 Å². The number of ether oxygens (including phenoxy) is 1. The van der Waals surface area contributed by atoms with Crippen LogP contribution in [0.15, 0.2) is 0 Å². The fraction of sp³-hybridized carbons (Fsp3) is 1.00. The number of hydrogen-bond donors (Lipinski definition) is 1. The van der Waals surface area contributed by atoms with Crippen molar-refractivity contribution in [1.29, 1.82) is 0 Å². The van der Waals surface area contributed by atoms with Gasteiger partial charge in [-0.3, -0.25) is 0 Å². The summed E-state index contributed by atoms with van der Waals surface area (Å²) in [4.78, 5) is 0. The van der Waals surface area contributed by atoms with Gasteiger partial charge in [0.25, 0.3) is 0 Å². The van der Waals surface area contributed by atoms with Gasteiger partial charge in [-0.25, -0.2) is 0 Å². The van der Waals surface area contributed by atoms with Crippen molar-refractivity contribution in [2.45, 2.75) is 39.7 Å². The molecule has 2 nitrogen and oxygen atoms in total. The van der Waals surface area contributed by atoms with Crippen molar-refractivity contribution < 1.29 is 4.74 Å². The molecular formula is C9H21NO. The highest BCUT2D eigenvalue weighted by Gasteiger charge is 2.10. The second-order valence-electron chi connectivity index (χ2n) is 2.44. The molecule has 0 aliphatic carbocycles. The van der Waals surface area contributed by atoms with E-state index in [1.54, 1.807) is 0 Å². The molecule has 2 heteroatoms. The molecule has 1 saturated heterocycles. The van der Waals surface area contributed by atoms with Crippen LogP contribution in [0.1, 0.15) is 33.6 Å². The Morgan fingerprint density at radius 3 is 2.27 bits per heavy atom. The SMILES string of the molecule is CC.CCNC1CCOCC1. The van der Waals surface area contributed by atoms with Crippen LogP contribution in [0.2, 0.25) is 0 Å². The van der Waals surface area contributed by atoms with E-state index in [1.165, 1.54) is 12.8 Å². The molecule has 11 heavy (non-hydrogen) atoms. The molecule has 0 amide bonds. The predicted molar refractivity (Wildman–Crippen MR) is 48.9 cm³/mol.